The summed E-state index contributed by atoms with van der Waals surface area (Å²) in [4.78, 5) is 28.6. The highest BCUT2D eigenvalue weighted by Crippen LogP contribution is 2.44. The number of hydrogen-bond acceptors (Lipinski definition) is 6. The van der Waals surface area contributed by atoms with Crippen LogP contribution in [0.4, 0.5) is 8.78 Å². The fraction of sp³-hybridized carbons (Fsp3) is 0.483. The van der Waals surface area contributed by atoms with Crippen molar-refractivity contribution in [1.29, 1.82) is 0 Å². The number of hydrogen-bond donors (Lipinski definition) is 3. The molecule has 0 spiro atoms. The Hall–Kier alpha value is -3.37. The van der Waals surface area contributed by atoms with Gasteiger partial charge in [-0.2, -0.15) is 0 Å². The lowest BCUT2D eigenvalue weighted by Gasteiger charge is -2.42. The van der Waals surface area contributed by atoms with Crippen molar-refractivity contribution >= 4 is 11.8 Å². The topological polar surface area (TPSA) is 122 Å². The minimum atomic E-state index is -1.48. The summed E-state index contributed by atoms with van der Waals surface area (Å²) in [6, 6.07) is 4.78. The highest BCUT2D eigenvalue weighted by atomic mass is 19.1. The summed E-state index contributed by atoms with van der Waals surface area (Å²) in [6.45, 7) is 7.16. The van der Waals surface area contributed by atoms with Crippen molar-refractivity contribution in [3.05, 3.63) is 76.7 Å². The molecule has 3 rings (SSSR count). The van der Waals surface area contributed by atoms with E-state index in [9.17, 15) is 23.5 Å². The first kappa shape index (κ1) is 30.2. The number of benzene rings is 1. The molecule has 1 aromatic carbocycles. The van der Waals surface area contributed by atoms with Crippen LogP contribution in [0.25, 0.3) is 0 Å². The monoisotopic (exact) mass is 544 g/mol. The van der Waals surface area contributed by atoms with E-state index in [0.29, 0.717) is 30.0 Å². The van der Waals surface area contributed by atoms with E-state index in [0.717, 1.165) is 18.9 Å². The molecule has 0 bridgehead atoms. The van der Waals surface area contributed by atoms with E-state index in [1.807, 2.05) is 13.8 Å². The third-order valence-corrected chi connectivity index (χ3v) is 7.03. The molecule has 1 heterocycles. The van der Waals surface area contributed by atoms with Gasteiger partial charge >= 0.3 is 0 Å². The van der Waals surface area contributed by atoms with Gasteiger partial charge in [-0.15, -0.1) is 0 Å². The summed E-state index contributed by atoms with van der Waals surface area (Å²) in [5, 5.41) is 18.2. The molecule has 1 aliphatic rings. The molecule has 3 atom stereocenters. The Kier molecular flexibility index (Phi) is 10.5. The number of aromatic nitrogens is 1. The Morgan fingerprint density at radius 3 is 2.44 bits per heavy atom. The number of aliphatic hydroxyl groups excluding tert-OH is 1. The molecule has 212 valence electrons. The van der Waals surface area contributed by atoms with Gasteiger partial charge in [0.25, 0.3) is 0 Å². The normalized spacial score (nSPS) is 18.7. The first-order valence-corrected chi connectivity index (χ1v) is 13.3. The molecule has 39 heavy (non-hydrogen) atoms. The highest BCUT2D eigenvalue weighted by Gasteiger charge is 2.48. The zero-order valence-corrected chi connectivity index (χ0v) is 22.8. The number of nitrogens with two attached hydrogens (primary N) is 1. The average Bonchev–Trinajstić information content (AvgIpc) is 3.39. The first-order valence-electron chi connectivity index (χ1n) is 13.3. The van der Waals surface area contributed by atoms with Crippen LogP contribution in [-0.2, 0) is 22.6 Å². The zero-order chi connectivity index (χ0) is 28.6. The van der Waals surface area contributed by atoms with Crippen LogP contribution in [0, 0.1) is 23.0 Å². The van der Waals surface area contributed by atoms with Gasteiger partial charge in [0, 0.05) is 43.3 Å². The van der Waals surface area contributed by atoms with Gasteiger partial charge < -0.3 is 25.6 Å². The van der Waals surface area contributed by atoms with Crippen molar-refractivity contribution in [2.24, 2.45) is 17.1 Å². The van der Waals surface area contributed by atoms with E-state index in [1.165, 1.54) is 18.3 Å². The second-order valence-corrected chi connectivity index (χ2v) is 10.2. The van der Waals surface area contributed by atoms with Crippen LogP contribution < -0.4 is 11.1 Å². The number of allylic oxidation sites excluding steroid dienone is 2. The predicted molar refractivity (Wildman–Crippen MR) is 143 cm³/mol. The Morgan fingerprint density at radius 2 is 1.87 bits per heavy atom. The van der Waals surface area contributed by atoms with E-state index in [1.54, 1.807) is 30.0 Å². The number of carbonyl (C=O) groups excluding carboxylic acids is 2. The molecule has 1 aromatic heterocycles. The lowest BCUT2D eigenvalue weighted by atomic mass is 9.63. The molecular formula is C29H38F2N4O4. The second kappa shape index (κ2) is 13.6. The van der Waals surface area contributed by atoms with E-state index >= 15 is 0 Å². The average molecular weight is 545 g/mol. The lowest BCUT2D eigenvalue weighted by Crippen LogP contribution is -2.51. The predicted octanol–water partition coefficient (Wildman–Crippen LogP) is 3.66. The molecule has 0 saturated carbocycles. The molecule has 0 aliphatic heterocycles. The maximum atomic E-state index is 14.1. The fourth-order valence-corrected chi connectivity index (χ4v) is 5.38. The highest BCUT2D eigenvalue weighted by molar-refractivity contribution is 5.96. The molecule has 2 amide bonds. The van der Waals surface area contributed by atoms with E-state index in [2.05, 4.69) is 10.5 Å². The Labute approximate surface area is 227 Å². The van der Waals surface area contributed by atoms with Crippen molar-refractivity contribution in [3.63, 3.8) is 0 Å². The Bertz CT molecular complexity index is 1170. The number of rotatable bonds is 14. The summed E-state index contributed by atoms with van der Waals surface area (Å²) in [5.41, 5.74) is 5.88. The van der Waals surface area contributed by atoms with Crippen molar-refractivity contribution in [1.82, 2.24) is 15.4 Å². The Morgan fingerprint density at radius 1 is 1.21 bits per heavy atom. The van der Waals surface area contributed by atoms with Crippen molar-refractivity contribution in [2.75, 3.05) is 19.6 Å². The number of primary amides is 1. The van der Waals surface area contributed by atoms with Crippen molar-refractivity contribution in [2.45, 2.75) is 59.1 Å². The van der Waals surface area contributed by atoms with Crippen molar-refractivity contribution < 1.29 is 28.0 Å². The van der Waals surface area contributed by atoms with Crippen LogP contribution in [0.2, 0.25) is 0 Å². The van der Waals surface area contributed by atoms with E-state index in [-0.39, 0.29) is 37.4 Å². The van der Waals surface area contributed by atoms with Crippen LogP contribution >= 0.6 is 0 Å². The molecule has 0 fully saturated rings. The summed E-state index contributed by atoms with van der Waals surface area (Å²) < 4.78 is 33.3. The largest absolute Gasteiger partial charge is 0.391 e. The molecule has 4 N–H and O–H groups in total. The maximum absolute atomic E-state index is 14.1. The van der Waals surface area contributed by atoms with E-state index < -0.39 is 35.0 Å². The van der Waals surface area contributed by atoms with Gasteiger partial charge in [0.15, 0.2) is 0 Å². The number of halogens is 2. The lowest BCUT2D eigenvalue weighted by molar-refractivity contribution is -0.132. The summed E-state index contributed by atoms with van der Waals surface area (Å²) >= 11 is 0. The number of amides is 2. The molecule has 0 saturated heterocycles. The second-order valence-electron chi connectivity index (χ2n) is 10.2. The van der Waals surface area contributed by atoms with Gasteiger partial charge in [0.05, 0.1) is 24.3 Å². The minimum absolute atomic E-state index is 0.0237. The SMILES string of the molecule is CCCN(CCC)C(=O)C1=CC(C)=CC(C(N)=O)([C@H](Cc2cc(F)cc(F)c2)[C@@H](O)CNCc2ccno2)C1. The molecule has 0 radical (unpaired) electrons. The minimum Gasteiger partial charge on any atom is -0.391 e. The quantitative estimate of drug-likeness (QED) is 0.334. The fourth-order valence-electron chi connectivity index (χ4n) is 5.38. The third kappa shape index (κ3) is 7.60. The number of nitrogens with one attached hydrogen (secondary N) is 1. The van der Waals surface area contributed by atoms with Gasteiger partial charge in [-0.05, 0) is 50.3 Å². The van der Waals surface area contributed by atoms with Gasteiger partial charge in [0.2, 0.25) is 11.8 Å². The van der Waals surface area contributed by atoms with Crippen LogP contribution in [0.15, 0.2) is 58.3 Å². The smallest absolute Gasteiger partial charge is 0.249 e. The first-order chi connectivity index (χ1) is 18.6. The standard InChI is InChI=1S/C29H38F2N4O4/c1-4-8-35(9-5-2)27(37)21-10-19(3)15-29(16-21,28(32)38)25(13-20-11-22(30)14-23(31)12-20)26(36)18-33-17-24-6-7-34-39-24/h6-7,10-12,14-15,25-26,33,36H,4-5,8-9,13,16-18H2,1-3H3,(H2,32,38)/t25-,26+,29?/m1/s1. The molecule has 2 aromatic rings. The summed E-state index contributed by atoms with van der Waals surface area (Å²) in [5.74, 6) is -2.81. The van der Waals surface area contributed by atoms with Gasteiger partial charge in [0.1, 0.15) is 17.4 Å². The molecule has 1 unspecified atom stereocenters. The van der Waals surface area contributed by atoms with Crippen LogP contribution in [0.5, 0.6) is 0 Å². The third-order valence-electron chi connectivity index (χ3n) is 7.03. The van der Waals surface area contributed by atoms with Gasteiger partial charge in [-0.1, -0.05) is 36.7 Å². The Balaban J connectivity index is 1.99. The van der Waals surface area contributed by atoms with Crippen LogP contribution in [-0.4, -0.2) is 52.7 Å². The summed E-state index contributed by atoms with van der Waals surface area (Å²) in [7, 11) is 0. The zero-order valence-electron chi connectivity index (χ0n) is 22.8. The van der Waals surface area contributed by atoms with Crippen LogP contribution in [0.3, 0.4) is 0 Å². The van der Waals surface area contributed by atoms with E-state index in [4.69, 9.17) is 10.3 Å². The van der Waals surface area contributed by atoms with Gasteiger partial charge in [-0.3, -0.25) is 9.59 Å². The molecule has 10 heteroatoms. The van der Waals surface area contributed by atoms with Crippen LogP contribution in [0.1, 0.15) is 51.4 Å². The number of aliphatic hydroxyl groups is 1. The number of nitrogens with zero attached hydrogens (tertiary/aromatic N) is 2. The maximum Gasteiger partial charge on any atom is 0.249 e. The number of carbonyl (C=O) groups is 2. The molecule has 8 nitrogen and oxygen atoms in total. The van der Waals surface area contributed by atoms with Gasteiger partial charge in [-0.25, -0.2) is 8.78 Å². The van der Waals surface area contributed by atoms with Crippen molar-refractivity contribution in [3.8, 4) is 0 Å². The molecule has 1 aliphatic carbocycles. The molecular weight excluding hydrogens is 506 g/mol. The summed E-state index contributed by atoms with van der Waals surface area (Å²) in [6.07, 6.45) is 5.21.